The molecule has 0 radical (unpaired) electrons. The number of carbonyl (C=O) groups is 1. The topological polar surface area (TPSA) is 62.5 Å². The molecule has 1 saturated heterocycles. The van der Waals surface area contributed by atoms with Gasteiger partial charge < -0.3 is 9.42 Å². The summed E-state index contributed by atoms with van der Waals surface area (Å²) in [6, 6.07) is 0. The predicted molar refractivity (Wildman–Crippen MR) is 93.5 cm³/mol. The number of likely N-dealkylation sites (tertiary alicyclic amines) is 1. The van der Waals surface area contributed by atoms with Crippen LogP contribution in [-0.4, -0.2) is 52.5 Å². The van der Waals surface area contributed by atoms with Crippen LogP contribution in [0.5, 0.6) is 0 Å². The molecule has 1 aliphatic heterocycles. The summed E-state index contributed by atoms with van der Waals surface area (Å²) in [5.41, 5.74) is -0.304. The Morgan fingerprint density at radius 1 is 1.33 bits per heavy atom. The molecule has 24 heavy (non-hydrogen) atoms. The minimum Gasteiger partial charge on any atom is -0.345 e. The van der Waals surface area contributed by atoms with Crippen LogP contribution in [0.1, 0.15) is 65.1 Å². The molecule has 1 aromatic rings. The Labute approximate surface area is 145 Å². The van der Waals surface area contributed by atoms with Gasteiger partial charge in [-0.3, -0.25) is 9.69 Å². The third-order valence-corrected chi connectivity index (χ3v) is 4.59. The summed E-state index contributed by atoms with van der Waals surface area (Å²) in [7, 11) is 1.92. The summed E-state index contributed by atoms with van der Waals surface area (Å²) in [6.07, 6.45) is 2.21. The molecule has 0 atom stereocenters. The number of amides is 1. The van der Waals surface area contributed by atoms with E-state index in [1.807, 2.05) is 32.7 Å². The summed E-state index contributed by atoms with van der Waals surface area (Å²) in [6.45, 7) is 13.7. The fraction of sp³-hybridized carbons (Fsp3) is 0.833. The van der Waals surface area contributed by atoms with E-state index in [2.05, 4.69) is 28.9 Å². The lowest BCUT2D eigenvalue weighted by Crippen LogP contribution is -2.42. The van der Waals surface area contributed by atoms with Crippen LogP contribution in [0.2, 0.25) is 0 Å². The maximum Gasteiger partial charge on any atom is 0.240 e. The minimum atomic E-state index is -0.304. The molecular formula is C18H32N4O2. The minimum absolute atomic E-state index is 0.219. The first kappa shape index (κ1) is 18.9. The molecule has 0 unspecified atom stereocenters. The van der Waals surface area contributed by atoms with E-state index in [1.54, 1.807) is 0 Å². The lowest BCUT2D eigenvalue weighted by Gasteiger charge is -2.34. The van der Waals surface area contributed by atoms with E-state index < -0.39 is 0 Å². The number of carbonyl (C=O) groups excluding carboxylic acids is 1. The van der Waals surface area contributed by atoms with Crippen LogP contribution < -0.4 is 0 Å². The third-order valence-electron chi connectivity index (χ3n) is 4.59. The summed E-state index contributed by atoms with van der Waals surface area (Å²) >= 11 is 0. The van der Waals surface area contributed by atoms with Crippen LogP contribution in [0, 0.1) is 11.3 Å². The molecule has 6 nitrogen and oxygen atoms in total. The molecule has 0 bridgehead atoms. The van der Waals surface area contributed by atoms with Crippen molar-refractivity contribution in [1.29, 1.82) is 0 Å². The molecule has 0 aromatic carbocycles. The Morgan fingerprint density at radius 3 is 2.46 bits per heavy atom. The fourth-order valence-corrected chi connectivity index (χ4v) is 3.13. The van der Waals surface area contributed by atoms with Crippen LogP contribution in [0.4, 0.5) is 0 Å². The molecule has 1 fully saturated rings. The third kappa shape index (κ3) is 5.03. The Hall–Kier alpha value is -1.43. The van der Waals surface area contributed by atoms with Crippen molar-refractivity contribution >= 4 is 5.91 Å². The van der Waals surface area contributed by atoms with E-state index in [1.165, 1.54) is 0 Å². The SMILES string of the molecule is CC(C)c1noc(CN2CCC(CN(C)C(=O)C(C)(C)C)CC2)n1. The molecule has 1 amide bonds. The van der Waals surface area contributed by atoms with Gasteiger partial charge >= 0.3 is 0 Å². The van der Waals surface area contributed by atoms with Gasteiger partial charge in [-0.1, -0.05) is 39.8 Å². The van der Waals surface area contributed by atoms with Crippen LogP contribution in [0.15, 0.2) is 4.52 Å². The molecule has 0 aliphatic carbocycles. The van der Waals surface area contributed by atoms with Crippen molar-refractivity contribution in [3.63, 3.8) is 0 Å². The second kappa shape index (κ2) is 7.64. The second-order valence-electron chi connectivity index (χ2n) is 8.36. The standard InChI is InChI=1S/C18H32N4O2/c1-13(2)16-19-15(24-20-16)12-22-9-7-14(8-10-22)11-21(6)17(23)18(3,4)5/h13-14H,7-12H2,1-6H3. The average molecular weight is 336 g/mol. The van der Waals surface area contributed by atoms with Crippen molar-refractivity contribution in [2.45, 2.75) is 59.9 Å². The zero-order chi connectivity index (χ0) is 17.9. The zero-order valence-corrected chi connectivity index (χ0v) is 16.0. The highest BCUT2D eigenvalue weighted by molar-refractivity contribution is 5.81. The normalized spacial score (nSPS) is 17.5. The number of nitrogens with zero attached hydrogens (tertiary/aromatic N) is 4. The monoisotopic (exact) mass is 336 g/mol. The van der Waals surface area contributed by atoms with E-state index in [-0.39, 0.29) is 11.3 Å². The van der Waals surface area contributed by atoms with E-state index in [9.17, 15) is 4.79 Å². The van der Waals surface area contributed by atoms with Gasteiger partial charge in [0.15, 0.2) is 5.82 Å². The van der Waals surface area contributed by atoms with Crippen molar-refractivity contribution in [2.75, 3.05) is 26.7 Å². The Balaban J connectivity index is 1.77. The highest BCUT2D eigenvalue weighted by atomic mass is 16.5. The van der Waals surface area contributed by atoms with Gasteiger partial charge in [0.05, 0.1) is 6.54 Å². The fourth-order valence-electron chi connectivity index (χ4n) is 3.13. The summed E-state index contributed by atoms with van der Waals surface area (Å²) < 4.78 is 5.33. The molecule has 136 valence electrons. The molecule has 1 aromatic heterocycles. The van der Waals surface area contributed by atoms with Crippen molar-refractivity contribution in [3.8, 4) is 0 Å². The number of hydrogen-bond donors (Lipinski definition) is 0. The first-order chi connectivity index (χ1) is 11.2. The van der Waals surface area contributed by atoms with E-state index in [0.29, 0.717) is 17.7 Å². The van der Waals surface area contributed by atoms with Crippen molar-refractivity contribution in [1.82, 2.24) is 19.9 Å². The molecule has 2 rings (SSSR count). The molecule has 2 heterocycles. The molecule has 0 saturated carbocycles. The number of hydrogen-bond acceptors (Lipinski definition) is 5. The van der Waals surface area contributed by atoms with Gasteiger partial charge in [-0.25, -0.2) is 0 Å². The van der Waals surface area contributed by atoms with Crippen LogP contribution in [0.3, 0.4) is 0 Å². The first-order valence-electron chi connectivity index (χ1n) is 8.97. The lowest BCUT2D eigenvalue weighted by atomic mass is 9.92. The molecular weight excluding hydrogens is 304 g/mol. The van der Waals surface area contributed by atoms with E-state index in [4.69, 9.17) is 4.52 Å². The maximum atomic E-state index is 12.3. The first-order valence-corrected chi connectivity index (χ1v) is 8.97. The van der Waals surface area contributed by atoms with E-state index >= 15 is 0 Å². The Bertz CT molecular complexity index is 539. The Morgan fingerprint density at radius 2 is 1.96 bits per heavy atom. The highest BCUT2D eigenvalue weighted by Gasteiger charge is 2.28. The lowest BCUT2D eigenvalue weighted by molar-refractivity contribution is -0.138. The summed E-state index contributed by atoms with van der Waals surface area (Å²) in [5, 5.41) is 4.02. The smallest absolute Gasteiger partial charge is 0.240 e. The zero-order valence-electron chi connectivity index (χ0n) is 16.0. The largest absolute Gasteiger partial charge is 0.345 e. The van der Waals surface area contributed by atoms with Crippen molar-refractivity contribution in [2.24, 2.45) is 11.3 Å². The summed E-state index contributed by atoms with van der Waals surface area (Å²) in [5.74, 6) is 2.58. The van der Waals surface area contributed by atoms with Crippen molar-refractivity contribution in [3.05, 3.63) is 11.7 Å². The van der Waals surface area contributed by atoms with Gasteiger partial charge in [0, 0.05) is 24.9 Å². The van der Waals surface area contributed by atoms with Crippen LogP contribution in [0.25, 0.3) is 0 Å². The van der Waals surface area contributed by atoms with Crippen LogP contribution in [-0.2, 0) is 11.3 Å². The molecule has 0 spiro atoms. The molecule has 1 aliphatic rings. The highest BCUT2D eigenvalue weighted by Crippen LogP contribution is 2.22. The quantitative estimate of drug-likeness (QED) is 0.827. The van der Waals surface area contributed by atoms with Crippen LogP contribution >= 0.6 is 0 Å². The van der Waals surface area contributed by atoms with Gasteiger partial charge in [0.25, 0.3) is 0 Å². The van der Waals surface area contributed by atoms with Crippen molar-refractivity contribution < 1.29 is 9.32 Å². The average Bonchev–Trinajstić information content (AvgIpc) is 2.96. The van der Waals surface area contributed by atoms with Gasteiger partial charge in [0.1, 0.15) is 0 Å². The number of piperidine rings is 1. The Kier molecular flexibility index (Phi) is 6.01. The second-order valence-corrected chi connectivity index (χ2v) is 8.36. The molecule has 0 N–H and O–H groups in total. The van der Waals surface area contributed by atoms with Gasteiger partial charge in [-0.15, -0.1) is 0 Å². The number of aromatic nitrogens is 2. The maximum absolute atomic E-state index is 12.3. The van der Waals surface area contributed by atoms with Gasteiger partial charge in [-0.2, -0.15) is 4.98 Å². The summed E-state index contributed by atoms with van der Waals surface area (Å²) in [4.78, 5) is 21.0. The molecule has 6 heteroatoms. The van der Waals surface area contributed by atoms with E-state index in [0.717, 1.165) is 44.8 Å². The number of rotatable bonds is 5. The van der Waals surface area contributed by atoms with Gasteiger partial charge in [0.2, 0.25) is 11.8 Å². The predicted octanol–water partition coefficient (Wildman–Crippen LogP) is 2.91. The van der Waals surface area contributed by atoms with Gasteiger partial charge in [-0.05, 0) is 31.8 Å².